The minimum atomic E-state index is 0.707. The summed E-state index contributed by atoms with van der Waals surface area (Å²) in [5, 5.41) is 7.57. The van der Waals surface area contributed by atoms with Crippen LogP contribution in [0.1, 0.15) is 38.4 Å². The Hall–Kier alpha value is -0.750. The second kappa shape index (κ2) is 9.52. The van der Waals surface area contributed by atoms with Gasteiger partial charge in [-0.25, -0.2) is 4.98 Å². The van der Waals surface area contributed by atoms with Crippen molar-refractivity contribution in [2.75, 3.05) is 31.9 Å². The first-order chi connectivity index (χ1) is 11.1. The third-order valence-electron chi connectivity index (χ3n) is 4.00. The molecule has 4 nitrogen and oxygen atoms in total. The molecule has 0 amide bonds. The zero-order valence-electron chi connectivity index (χ0n) is 14.8. The van der Waals surface area contributed by atoms with E-state index in [1.807, 2.05) is 0 Å². The summed E-state index contributed by atoms with van der Waals surface area (Å²) in [4.78, 5) is 11.9. The second-order valence-corrected chi connectivity index (χ2v) is 8.46. The van der Waals surface area contributed by atoms with Gasteiger partial charge >= 0.3 is 0 Å². The molecule has 1 atom stereocenters. The SMILES string of the molecule is CCNC(=NCCc1csc(CC)n1)N1CCSC(C(C)C)C1. The van der Waals surface area contributed by atoms with Crippen LogP contribution in [0.4, 0.5) is 0 Å². The molecule has 0 bridgehead atoms. The molecular weight excluding hydrogens is 324 g/mol. The number of nitrogens with one attached hydrogen (secondary N) is 1. The van der Waals surface area contributed by atoms with Crippen LogP contribution in [0, 0.1) is 5.92 Å². The van der Waals surface area contributed by atoms with Crippen LogP contribution in [0.3, 0.4) is 0 Å². The molecule has 0 radical (unpaired) electrons. The number of aliphatic imine (C=N–C) groups is 1. The average Bonchev–Trinajstić information content (AvgIpc) is 3.02. The van der Waals surface area contributed by atoms with E-state index in [1.54, 1.807) is 11.3 Å². The highest BCUT2D eigenvalue weighted by molar-refractivity contribution is 8.00. The Kier molecular flexibility index (Phi) is 7.70. The molecule has 1 unspecified atom stereocenters. The molecule has 6 heteroatoms. The number of nitrogens with zero attached hydrogens (tertiary/aromatic N) is 3. The Bertz CT molecular complexity index is 499. The first-order valence-corrected chi connectivity index (χ1v) is 10.6. The monoisotopic (exact) mass is 354 g/mol. The highest BCUT2D eigenvalue weighted by Crippen LogP contribution is 2.24. The fourth-order valence-corrected chi connectivity index (χ4v) is 4.68. The number of thiazole rings is 1. The van der Waals surface area contributed by atoms with Crippen molar-refractivity contribution in [2.45, 2.75) is 45.8 Å². The number of aromatic nitrogens is 1. The summed E-state index contributed by atoms with van der Waals surface area (Å²) < 4.78 is 0. The molecule has 1 fully saturated rings. The summed E-state index contributed by atoms with van der Waals surface area (Å²) >= 11 is 3.87. The van der Waals surface area contributed by atoms with Crippen LogP contribution < -0.4 is 5.32 Å². The van der Waals surface area contributed by atoms with Gasteiger partial charge in [0, 0.05) is 49.0 Å². The van der Waals surface area contributed by atoms with Gasteiger partial charge in [-0.2, -0.15) is 11.8 Å². The van der Waals surface area contributed by atoms with Gasteiger partial charge in [-0.05, 0) is 19.3 Å². The summed E-state index contributed by atoms with van der Waals surface area (Å²) in [7, 11) is 0. The fourth-order valence-electron chi connectivity index (χ4n) is 2.60. The molecule has 0 aromatic carbocycles. The zero-order valence-corrected chi connectivity index (χ0v) is 16.5. The number of guanidine groups is 1. The number of hydrogen-bond donors (Lipinski definition) is 1. The summed E-state index contributed by atoms with van der Waals surface area (Å²) in [6, 6.07) is 0. The van der Waals surface area contributed by atoms with Gasteiger partial charge < -0.3 is 10.2 Å². The molecule has 1 aliphatic rings. The maximum atomic E-state index is 4.85. The molecule has 1 aliphatic heterocycles. The van der Waals surface area contributed by atoms with Gasteiger partial charge in [-0.15, -0.1) is 11.3 Å². The van der Waals surface area contributed by atoms with Crippen LogP contribution in [0.15, 0.2) is 10.4 Å². The van der Waals surface area contributed by atoms with Crippen LogP contribution in [0.25, 0.3) is 0 Å². The molecule has 23 heavy (non-hydrogen) atoms. The average molecular weight is 355 g/mol. The van der Waals surface area contributed by atoms with Crippen LogP contribution >= 0.6 is 23.1 Å². The third-order valence-corrected chi connectivity index (χ3v) is 6.58. The fraction of sp³-hybridized carbons (Fsp3) is 0.765. The largest absolute Gasteiger partial charge is 0.357 e. The topological polar surface area (TPSA) is 40.5 Å². The Balaban J connectivity index is 1.93. The van der Waals surface area contributed by atoms with Crippen LogP contribution in [-0.2, 0) is 12.8 Å². The Morgan fingerprint density at radius 2 is 2.30 bits per heavy atom. The molecule has 130 valence electrons. The van der Waals surface area contributed by atoms with Crippen molar-refractivity contribution in [3.63, 3.8) is 0 Å². The van der Waals surface area contributed by atoms with E-state index in [0.717, 1.165) is 45.0 Å². The van der Waals surface area contributed by atoms with Crippen molar-refractivity contribution in [1.29, 1.82) is 0 Å². The molecule has 2 heterocycles. The van der Waals surface area contributed by atoms with Gasteiger partial charge in [0.05, 0.1) is 10.7 Å². The molecule has 0 saturated carbocycles. The van der Waals surface area contributed by atoms with Gasteiger partial charge in [0.25, 0.3) is 0 Å². The Morgan fingerprint density at radius 1 is 1.48 bits per heavy atom. The highest BCUT2D eigenvalue weighted by atomic mass is 32.2. The Morgan fingerprint density at radius 3 is 2.96 bits per heavy atom. The molecule has 0 spiro atoms. The van der Waals surface area contributed by atoms with Crippen molar-refractivity contribution >= 4 is 29.1 Å². The zero-order chi connectivity index (χ0) is 16.7. The maximum absolute atomic E-state index is 4.85. The van der Waals surface area contributed by atoms with E-state index >= 15 is 0 Å². The minimum Gasteiger partial charge on any atom is -0.357 e. The van der Waals surface area contributed by atoms with E-state index in [1.165, 1.54) is 16.5 Å². The molecule has 0 aliphatic carbocycles. The molecule has 1 N–H and O–H groups in total. The standard InChI is InChI=1S/C17H30N4S2/c1-5-16-20-14(12-23-16)7-8-19-17(18-6-2)21-9-10-22-15(11-21)13(3)4/h12-13,15H,5-11H2,1-4H3,(H,18,19). The summed E-state index contributed by atoms with van der Waals surface area (Å²) in [6.07, 6.45) is 1.96. The minimum absolute atomic E-state index is 0.707. The molecule has 1 aromatic heterocycles. The maximum Gasteiger partial charge on any atom is 0.193 e. The van der Waals surface area contributed by atoms with Crippen LogP contribution in [0.2, 0.25) is 0 Å². The lowest BCUT2D eigenvalue weighted by molar-refractivity contribution is 0.381. The summed E-state index contributed by atoms with van der Waals surface area (Å²) in [5.74, 6) is 2.98. The van der Waals surface area contributed by atoms with Gasteiger partial charge in [-0.3, -0.25) is 4.99 Å². The molecular formula is C17H30N4S2. The first-order valence-electron chi connectivity index (χ1n) is 8.72. The van der Waals surface area contributed by atoms with E-state index < -0.39 is 0 Å². The number of thioether (sulfide) groups is 1. The predicted octanol–water partition coefficient (Wildman–Crippen LogP) is 3.29. The Labute approximate surface area is 149 Å². The van der Waals surface area contributed by atoms with Crippen LogP contribution in [-0.4, -0.2) is 53.0 Å². The van der Waals surface area contributed by atoms with Crippen molar-refractivity contribution in [2.24, 2.45) is 10.9 Å². The smallest absolute Gasteiger partial charge is 0.193 e. The quantitative estimate of drug-likeness (QED) is 0.629. The number of rotatable bonds is 6. The van der Waals surface area contributed by atoms with Crippen molar-refractivity contribution in [1.82, 2.24) is 15.2 Å². The normalized spacial score (nSPS) is 19.4. The lowest BCUT2D eigenvalue weighted by atomic mass is 10.1. The van der Waals surface area contributed by atoms with Gasteiger partial charge in [0.1, 0.15) is 0 Å². The first kappa shape index (κ1) is 18.6. The van der Waals surface area contributed by atoms with Gasteiger partial charge in [-0.1, -0.05) is 20.8 Å². The molecule has 2 rings (SSSR count). The van der Waals surface area contributed by atoms with Crippen molar-refractivity contribution in [3.05, 3.63) is 16.1 Å². The van der Waals surface area contributed by atoms with E-state index in [-0.39, 0.29) is 0 Å². The van der Waals surface area contributed by atoms with Gasteiger partial charge in [0.15, 0.2) is 5.96 Å². The lowest BCUT2D eigenvalue weighted by Crippen LogP contribution is -2.49. The summed E-state index contributed by atoms with van der Waals surface area (Å²) in [5.41, 5.74) is 1.18. The second-order valence-electron chi connectivity index (χ2n) is 6.17. The van der Waals surface area contributed by atoms with E-state index in [2.05, 4.69) is 60.0 Å². The highest BCUT2D eigenvalue weighted by Gasteiger charge is 2.24. The summed E-state index contributed by atoms with van der Waals surface area (Å²) in [6.45, 7) is 12.9. The number of aryl methyl sites for hydroxylation is 1. The predicted molar refractivity (Wildman–Crippen MR) is 104 cm³/mol. The van der Waals surface area contributed by atoms with Gasteiger partial charge in [0.2, 0.25) is 0 Å². The van der Waals surface area contributed by atoms with E-state index in [0.29, 0.717) is 11.2 Å². The molecule has 1 aromatic rings. The van der Waals surface area contributed by atoms with E-state index in [9.17, 15) is 0 Å². The van der Waals surface area contributed by atoms with E-state index in [4.69, 9.17) is 4.99 Å². The third kappa shape index (κ3) is 5.68. The van der Waals surface area contributed by atoms with Crippen molar-refractivity contribution in [3.8, 4) is 0 Å². The lowest BCUT2D eigenvalue weighted by Gasteiger charge is -2.36. The molecule has 1 saturated heterocycles. The van der Waals surface area contributed by atoms with Crippen molar-refractivity contribution < 1.29 is 0 Å². The number of hydrogen-bond acceptors (Lipinski definition) is 4. The van der Waals surface area contributed by atoms with Crippen LogP contribution in [0.5, 0.6) is 0 Å².